The summed E-state index contributed by atoms with van der Waals surface area (Å²) in [4.78, 5) is 17.9. The van der Waals surface area contributed by atoms with Crippen LogP contribution in [0.5, 0.6) is 0 Å². The first-order chi connectivity index (χ1) is 10.0. The van der Waals surface area contributed by atoms with Gasteiger partial charge in [0.2, 0.25) is 5.89 Å². The van der Waals surface area contributed by atoms with Crippen molar-refractivity contribution in [2.24, 2.45) is 0 Å². The molecule has 0 saturated carbocycles. The molecule has 0 saturated heterocycles. The molecule has 1 aromatic carbocycles. The Kier molecular flexibility index (Phi) is 4.94. The maximum atomic E-state index is 11.8. The van der Waals surface area contributed by atoms with Crippen LogP contribution < -0.4 is 10.6 Å². The van der Waals surface area contributed by atoms with Crippen LogP contribution in [-0.2, 0) is 0 Å². The first-order valence-electron chi connectivity index (χ1n) is 6.77. The molecule has 0 unspecified atom stereocenters. The molecule has 0 aliphatic carbocycles. The summed E-state index contributed by atoms with van der Waals surface area (Å²) in [5.74, 6) is 1.30. The van der Waals surface area contributed by atoms with Crippen molar-refractivity contribution in [1.82, 2.24) is 15.2 Å². The van der Waals surface area contributed by atoms with E-state index < -0.39 is 0 Å². The number of urea groups is 1. The van der Waals surface area contributed by atoms with Crippen molar-refractivity contribution in [3.05, 3.63) is 36.2 Å². The molecule has 0 aliphatic heterocycles. The number of oxazole rings is 1. The summed E-state index contributed by atoms with van der Waals surface area (Å²) < 4.78 is 5.48. The highest BCUT2D eigenvalue weighted by atomic mass is 16.4. The Labute approximate surface area is 124 Å². The number of nitrogens with zero attached hydrogens (tertiary/aromatic N) is 2. The predicted molar refractivity (Wildman–Crippen MR) is 82.3 cm³/mol. The van der Waals surface area contributed by atoms with Gasteiger partial charge in [-0.3, -0.25) is 0 Å². The van der Waals surface area contributed by atoms with Crippen molar-refractivity contribution in [3.63, 3.8) is 0 Å². The number of rotatable bonds is 5. The number of nitrogens with one attached hydrogen (secondary N) is 2. The fourth-order valence-electron chi connectivity index (χ4n) is 1.79. The molecular formula is C15H20N4O2. The Bertz CT molecular complexity index is 607. The van der Waals surface area contributed by atoms with Gasteiger partial charge in [0.1, 0.15) is 5.76 Å². The van der Waals surface area contributed by atoms with E-state index in [0.717, 1.165) is 17.9 Å². The maximum Gasteiger partial charge on any atom is 0.319 e. The van der Waals surface area contributed by atoms with Gasteiger partial charge < -0.3 is 20.0 Å². The van der Waals surface area contributed by atoms with Crippen molar-refractivity contribution >= 4 is 11.7 Å². The van der Waals surface area contributed by atoms with E-state index in [-0.39, 0.29) is 6.03 Å². The molecule has 2 N–H and O–H groups in total. The molecule has 0 aliphatic rings. The monoisotopic (exact) mass is 288 g/mol. The van der Waals surface area contributed by atoms with E-state index >= 15 is 0 Å². The fraction of sp³-hybridized carbons (Fsp3) is 0.333. The van der Waals surface area contributed by atoms with E-state index in [1.807, 2.05) is 50.2 Å². The van der Waals surface area contributed by atoms with Crippen LogP contribution in [-0.4, -0.2) is 43.1 Å². The SMILES string of the molecule is Cc1cnc(-c2cccc(NC(=O)NCCN(C)C)c2)o1. The Hall–Kier alpha value is -2.34. The van der Waals surface area contributed by atoms with Crippen LogP contribution in [0.2, 0.25) is 0 Å². The van der Waals surface area contributed by atoms with Crippen molar-refractivity contribution in [2.45, 2.75) is 6.92 Å². The van der Waals surface area contributed by atoms with Crippen LogP contribution >= 0.6 is 0 Å². The second-order valence-electron chi connectivity index (χ2n) is 5.04. The lowest BCUT2D eigenvalue weighted by Gasteiger charge is -2.11. The maximum absolute atomic E-state index is 11.8. The summed E-state index contributed by atoms with van der Waals surface area (Å²) >= 11 is 0. The third kappa shape index (κ3) is 4.61. The van der Waals surface area contributed by atoms with Crippen LogP contribution in [0.4, 0.5) is 10.5 Å². The Morgan fingerprint density at radius 2 is 2.19 bits per heavy atom. The molecule has 0 fully saturated rings. The normalized spacial score (nSPS) is 10.7. The molecule has 0 atom stereocenters. The van der Waals surface area contributed by atoms with E-state index in [1.54, 1.807) is 6.20 Å². The van der Waals surface area contributed by atoms with E-state index in [4.69, 9.17) is 4.42 Å². The highest BCUT2D eigenvalue weighted by Gasteiger charge is 2.07. The number of carbonyl (C=O) groups is 1. The molecule has 2 amide bonds. The van der Waals surface area contributed by atoms with Crippen molar-refractivity contribution < 1.29 is 9.21 Å². The molecule has 6 nitrogen and oxygen atoms in total. The van der Waals surface area contributed by atoms with Crippen LogP contribution in [0.15, 0.2) is 34.9 Å². The molecule has 0 bridgehead atoms. The van der Waals surface area contributed by atoms with Gasteiger partial charge in [-0.1, -0.05) is 6.07 Å². The molecule has 1 aromatic heterocycles. The number of aryl methyl sites for hydroxylation is 1. The van der Waals surface area contributed by atoms with E-state index in [1.165, 1.54) is 0 Å². The smallest absolute Gasteiger partial charge is 0.319 e. The van der Waals surface area contributed by atoms with E-state index in [9.17, 15) is 4.79 Å². The third-order valence-electron chi connectivity index (χ3n) is 2.83. The highest BCUT2D eigenvalue weighted by molar-refractivity contribution is 5.89. The number of hydrogen-bond donors (Lipinski definition) is 2. The summed E-state index contributed by atoms with van der Waals surface area (Å²) in [6.07, 6.45) is 1.67. The van der Waals surface area contributed by atoms with E-state index in [0.29, 0.717) is 18.1 Å². The Balaban J connectivity index is 1.96. The minimum absolute atomic E-state index is 0.224. The minimum Gasteiger partial charge on any atom is -0.441 e. The average molecular weight is 288 g/mol. The molecule has 6 heteroatoms. The molecule has 2 rings (SSSR count). The molecule has 1 heterocycles. The first kappa shape index (κ1) is 15.1. The lowest BCUT2D eigenvalue weighted by molar-refractivity contribution is 0.250. The zero-order valence-electron chi connectivity index (χ0n) is 12.5. The van der Waals surface area contributed by atoms with Gasteiger partial charge in [-0.15, -0.1) is 0 Å². The number of benzene rings is 1. The van der Waals surface area contributed by atoms with E-state index in [2.05, 4.69) is 15.6 Å². The number of likely N-dealkylation sites (N-methyl/N-ethyl adjacent to an activating group) is 1. The topological polar surface area (TPSA) is 70.4 Å². The first-order valence-corrected chi connectivity index (χ1v) is 6.77. The summed E-state index contributed by atoms with van der Waals surface area (Å²) in [7, 11) is 3.92. The van der Waals surface area contributed by atoms with Crippen LogP contribution in [0.3, 0.4) is 0 Å². The largest absolute Gasteiger partial charge is 0.441 e. The minimum atomic E-state index is -0.224. The zero-order chi connectivity index (χ0) is 15.2. The Morgan fingerprint density at radius 3 is 2.86 bits per heavy atom. The second kappa shape index (κ2) is 6.90. The number of amides is 2. The van der Waals surface area contributed by atoms with Gasteiger partial charge in [0.15, 0.2) is 0 Å². The number of carbonyl (C=O) groups excluding carboxylic acids is 1. The molecular weight excluding hydrogens is 268 g/mol. The fourth-order valence-corrected chi connectivity index (χ4v) is 1.79. The average Bonchev–Trinajstić information content (AvgIpc) is 2.85. The third-order valence-corrected chi connectivity index (χ3v) is 2.83. The predicted octanol–water partition coefficient (Wildman–Crippen LogP) is 2.33. The Morgan fingerprint density at radius 1 is 1.38 bits per heavy atom. The van der Waals surface area contributed by atoms with Gasteiger partial charge in [-0.2, -0.15) is 0 Å². The van der Waals surface area contributed by atoms with Crippen LogP contribution in [0, 0.1) is 6.92 Å². The van der Waals surface area contributed by atoms with Gasteiger partial charge in [0.05, 0.1) is 6.20 Å². The molecule has 112 valence electrons. The summed E-state index contributed by atoms with van der Waals surface area (Å²) in [5.41, 5.74) is 1.53. The van der Waals surface area contributed by atoms with Gasteiger partial charge in [0.25, 0.3) is 0 Å². The lowest BCUT2D eigenvalue weighted by Crippen LogP contribution is -2.34. The van der Waals surface area contributed by atoms with Gasteiger partial charge in [-0.05, 0) is 39.2 Å². The highest BCUT2D eigenvalue weighted by Crippen LogP contribution is 2.22. The van der Waals surface area contributed by atoms with Crippen molar-refractivity contribution in [3.8, 4) is 11.5 Å². The second-order valence-corrected chi connectivity index (χ2v) is 5.04. The number of hydrogen-bond acceptors (Lipinski definition) is 4. The van der Waals surface area contributed by atoms with Crippen LogP contribution in [0.1, 0.15) is 5.76 Å². The lowest BCUT2D eigenvalue weighted by atomic mass is 10.2. The molecule has 21 heavy (non-hydrogen) atoms. The standard InChI is InChI=1S/C15H20N4O2/c1-11-10-17-14(21-11)12-5-4-6-13(9-12)18-15(20)16-7-8-19(2)3/h4-6,9-10H,7-8H2,1-3H3,(H2,16,18,20). The van der Waals surface area contributed by atoms with Crippen molar-refractivity contribution in [2.75, 3.05) is 32.5 Å². The van der Waals surface area contributed by atoms with Crippen molar-refractivity contribution in [1.29, 1.82) is 0 Å². The van der Waals surface area contributed by atoms with Gasteiger partial charge in [0, 0.05) is 24.3 Å². The van der Waals surface area contributed by atoms with Gasteiger partial charge >= 0.3 is 6.03 Å². The quantitative estimate of drug-likeness (QED) is 0.886. The van der Waals surface area contributed by atoms with Crippen LogP contribution in [0.25, 0.3) is 11.5 Å². The molecule has 2 aromatic rings. The number of anilines is 1. The van der Waals surface area contributed by atoms with Gasteiger partial charge in [-0.25, -0.2) is 9.78 Å². The molecule has 0 radical (unpaired) electrons. The summed E-state index contributed by atoms with van der Waals surface area (Å²) in [6, 6.07) is 7.17. The molecule has 0 spiro atoms. The summed E-state index contributed by atoms with van der Waals surface area (Å²) in [6.45, 7) is 3.23. The zero-order valence-corrected chi connectivity index (χ0v) is 12.5. The number of aromatic nitrogens is 1. The summed E-state index contributed by atoms with van der Waals surface area (Å²) in [5, 5.41) is 5.59.